The van der Waals surface area contributed by atoms with E-state index in [0.29, 0.717) is 19.3 Å². The van der Waals surface area contributed by atoms with Crippen molar-refractivity contribution >= 4 is 17.9 Å². The second-order valence-electron chi connectivity index (χ2n) is 24.5. The first-order valence-electron chi connectivity index (χ1n) is 36.4. The lowest BCUT2D eigenvalue weighted by Crippen LogP contribution is -2.30. The minimum absolute atomic E-state index is 0.0741. The standard InChI is InChI=1S/C77H138O6/c1-4-7-10-13-16-19-22-24-26-28-30-32-34-36-37-38-39-41-42-44-46-48-50-52-55-58-61-64-67-70-76(79)82-73-74(72-81-75(78)69-66-63-60-57-54-21-18-15-12-9-6-3)83-77(80)71-68-65-62-59-56-53-51-49-47-45-43-40-35-33-31-29-27-25-23-20-17-14-11-8-5-2/h7,10,15-16,18-19,24,26,30,32,36-37,74H,4-6,8-9,11-14,17,20-23,25,27-29,31,33-35,38-73H2,1-3H3/b10-7-,18-15-,19-16-,26-24-,32-30-,37-36-. The molecule has 0 heterocycles. The van der Waals surface area contributed by atoms with Crippen molar-refractivity contribution in [3.05, 3.63) is 72.9 Å². The van der Waals surface area contributed by atoms with E-state index in [1.165, 1.54) is 244 Å². The zero-order valence-electron chi connectivity index (χ0n) is 55.5. The molecule has 0 N–H and O–H groups in total. The third-order valence-electron chi connectivity index (χ3n) is 16.2. The molecule has 0 fully saturated rings. The van der Waals surface area contributed by atoms with Gasteiger partial charge < -0.3 is 14.2 Å². The smallest absolute Gasteiger partial charge is 0.306 e. The van der Waals surface area contributed by atoms with Crippen molar-refractivity contribution in [2.24, 2.45) is 0 Å². The minimum atomic E-state index is -0.778. The van der Waals surface area contributed by atoms with E-state index in [9.17, 15) is 14.4 Å². The third kappa shape index (κ3) is 69.5. The Morgan fingerprint density at radius 2 is 0.482 bits per heavy atom. The maximum Gasteiger partial charge on any atom is 0.306 e. The van der Waals surface area contributed by atoms with Crippen LogP contribution in [0.4, 0.5) is 0 Å². The van der Waals surface area contributed by atoms with Crippen LogP contribution in [0.3, 0.4) is 0 Å². The molecule has 0 aromatic carbocycles. The fraction of sp³-hybridized carbons (Fsp3) is 0.805. The molecule has 1 unspecified atom stereocenters. The van der Waals surface area contributed by atoms with Crippen LogP contribution in [-0.2, 0) is 28.6 Å². The number of carbonyl (C=O) groups is 3. The van der Waals surface area contributed by atoms with Gasteiger partial charge in [0.05, 0.1) is 0 Å². The van der Waals surface area contributed by atoms with Gasteiger partial charge in [-0.2, -0.15) is 0 Å². The van der Waals surface area contributed by atoms with Gasteiger partial charge in [0, 0.05) is 19.3 Å². The molecule has 482 valence electrons. The van der Waals surface area contributed by atoms with Gasteiger partial charge >= 0.3 is 17.9 Å². The summed E-state index contributed by atoms with van der Waals surface area (Å²) in [6, 6.07) is 0. The fourth-order valence-electron chi connectivity index (χ4n) is 10.7. The first-order chi connectivity index (χ1) is 41.0. The molecule has 0 spiro atoms. The summed E-state index contributed by atoms with van der Waals surface area (Å²) in [4.78, 5) is 38.4. The molecular weight excluding hydrogens is 1020 g/mol. The Kier molecular flexibility index (Phi) is 68.6. The summed E-state index contributed by atoms with van der Waals surface area (Å²) >= 11 is 0. The predicted octanol–water partition coefficient (Wildman–Crippen LogP) is 25.2. The Morgan fingerprint density at radius 1 is 0.253 bits per heavy atom. The summed E-state index contributed by atoms with van der Waals surface area (Å²) in [5.41, 5.74) is 0. The van der Waals surface area contributed by atoms with Gasteiger partial charge in [-0.05, 0) is 83.5 Å². The van der Waals surface area contributed by atoms with E-state index < -0.39 is 6.10 Å². The second kappa shape index (κ2) is 71.3. The molecule has 0 radical (unpaired) electrons. The first-order valence-corrected chi connectivity index (χ1v) is 36.4. The summed E-state index contributed by atoms with van der Waals surface area (Å²) in [7, 11) is 0. The summed E-state index contributed by atoms with van der Waals surface area (Å²) in [5.74, 6) is -0.862. The van der Waals surface area contributed by atoms with E-state index in [0.717, 1.165) is 96.3 Å². The fourth-order valence-corrected chi connectivity index (χ4v) is 10.7. The molecule has 0 saturated heterocycles. The molecule has 83 heavy (non-hydrogen) atoms. The summed E-state index contributed by atoms with van der Waals surface area (Å²) < 4.78 is 17.0. The number of carbonyl (C=O) groups excluding carboxylic acids is 3. The zero-order chi connectivity index (χ0) is 59.9. The van der Waals surface area contributed by atoms with Crippen LogP contribution in [-0.4, -0.2) is 37.2 Å². The van der Waals surface area contributed by atoms with E-state index in [4.69, 9.17) is 14.2 Å². The van der Waals surface area contributed by atoms with Gasteiger partial charge in [-0.15, -0.1) is 0 Å². The maximum atomic E-state index is 13.0. The Morgan fingerprint density at radius 3 is 0.783 bits per heavy atom. The van der Waals surface area contributed by atoms with Gasteiger partial charge in [-0.1, -0.05) is 351 Å². The van der Waals surface area contributed by atoms with E-state index in [1.807, 2.05) is 0 Å². The maximum absolute atomic E-state index is 13.0. The van der Waals surface area contributed by atoms with Gasteiger partial charge in [-0.25, -0.2) is 0 Å². The SMILES string of the molecule is CC/C=C\C/C=C\C/C=C\C/C=C\C/C=C\CCCCCCCCCCCCCCCC(=O)OCC(COC(=O)CCCCCCC/C=C\CCCC)OC(=O)CCCCCCCCCCCCCCCCCCCCCCCCCCC. The highest BCUT2D eigenvalue weighted by Crippen LogP contribution is 2.18. The molecule has 0 aliphatic carbocycles. The van der Waals surface area contributed by atoms with Crippen LogP contribution in [0.5, 0.6) is 0 Å². The Balaban J connectivity index is 4.17. The van der Waals surface area contributed by atoms with Gasteiger partial charge in [0.25, 0.3) is 0 Å². The van der Waals surface area contributed by atoms with E-state index in [2.05, 4.69) is 93.7 Å². The number of esters is 3. The monoisotopic (exact) mass is 1160 g/mol. The number of unbranched alkanes of at least 4 members (excludes halogenated alkanes) is 44. The molecule has 0 rings (SSSR count). The van der Waals surface area contributed by atoms with Crippen molar-refractivity contribution < 1.29 is 28.6 Å². The average Bonchev–Trinajstić information content (AvgIpc) is 3.48. The largest absolute Gasteiger partial charge is 0.462 e. The predicted molar refractivity (Wildman–Crippen MR) is 362 cm³/mol. The molecule has 0 aromatic heterocycles. The van der Waals surface area contributed by atoms with Crippen LogP contribution in [0, 0.1) is 0 Å². The topological polar surface area (TPSA) is 78.9 Å². The number of ether oxygens (including phenoxy) is 3. The quantitative estimate of drug-likeness (QED) is 0.0261. The first kappa shape index (κ1) is 79.8. The van der Waals surface area contributed by atoms with Crippen molar-refractivity contribution in [3.63, 3.8) is 0 Å². The molecule has 6 nitrogen and oxygen atoms in total. The third-order valence-corrected chi connectivity index (χ3v) is 16.2. The summed E-state index contributed by atoms with van der Waals surface area (Å²) in [6.45, 7) is 6.54. The van der Waals surface area contributed by atoms with E-state index in [1.54, 1.807) is 0 Å². The molecule has 0 aromatic rings. The van der Waals surface area contributed by atoms with Crippen LogP contribution < -0.4 is 0 Å². The number of hydrogen-bond donors (Lipinski definition) is 0. The minimum Gasteiger partial charge on any atom is -0.462 e. The Hall–Kier alpha value is -3.15. The van der Waals surface area contributed by atoms with Crippen LogP contribution in [0.15, 0.2) is 72.9 Å². The molecule has 6 heteroatoms. The number of rotatable bonds is 67. The van der Waals surface area contributed by atoms with Crippen molar-refractivity contribution in [1.29, 1.82) is 0 Å². The van der Waals surface area contributed by atoms with Crippen LogP contribution in [0.1, 0.15) is 380 Å². The molecule has 0 saturated carbocycles. The molecule has 0 aliphatic heterocycles. The molecule has 1 atom stereocenters. The molecule has 0 aliphatic rings. The lowest BCUT2D eigenvalue weighted by Gasteiger charge is -2.18. The van der Waals surface area contributed by atoms with Gasteiger partial charge in [0.2, 0.25) is 0 Å². The highest BCUT2D eigenvalue weighted by Gasteiger charge is 2.19. The Labute approximate surface area is 516 Å². The summed E-state index contributed by atoms with van der Waals surface area (Å²) in [5, 5.41) is 0. The van der Waals surface area contributed by atoms with Gasteiger partial charge in [0.15, 0.2) is 6.10 Å². The lowest BCUT2D eigenvalue weighted by molar-refractivity contribution is -0.167. The highest BCUT2D eigenvalue weighted by atomic mass is 16.6. The number of hydrogen-bond acceptors (Lipinski definition) is 6. The normalized spacial score (nSPS) is 12.5. The van der Waals surface area contributed by atoms with E-state index >= 15 is 0 Å². The highest BCUT2D eigenvalue weighted by molar-refractivity contribution is 5.71. The van der Waals surface area contributed by atoms with Crippen molar-refractivity contribution in [3.8, 4) is 0 Å². The van der Waals surface area contributed by atoms with Gasteiger partial charge in [0.1, 0.15) is 13.2 Å². The van der Waals surface area contributed by atoms with Crippen LogP contribution in [0.25, 0.3) is 0 Å². The Bertz CT molecular complexity index is 1520. The van der Waals surface area contributed by atoms with Gasteiger partial charge in [-0.3, -0.25) is 14.4 Å². The van der Waals surface area contributed by atoms with Crippen molar-refractivity contribution in [2.45, 2.75) is 386 Å². The molecule has 0 bridgehead atoms. The summed E-state index contributed by atoms with van der Waals surface area (Å²) in [6.07, 6.45) is 93.8. The molecular formula is C77H138O6. The second-order valence-corrected chi connectivity index (χ2v) is 24.5. The van der Waals surface area contributed by atoms with E-state index in [-0.39, 0.29) is 31.1 Å². The lowest BCUT2D eigenvalue weighted by atomic mass is 10.0. The average molecular weight is 1160 g/mol. The van der Waals surface area contributed by atoms with Crippen molar-refractivity contribution in [2.75, 3.05) is 13.2 Å². The van der Waals surface area contributed by atoms with Crippen LogP contribution in [0.2, 0.25) is 0 Å². The number of allylic oxidation sites excluding steroid dienone is 12. The zero-order valence-corrected chi connectivity index (χ0v) is 55.5. The van der Waals surface area contributed by atoms with Crippen LogP contribution >= 0.6 is 0 Å². The van der Waals surface area contributed by atoms with Crippen molar-refractivity contribution in [1.82, 2.24) is 0 Å². The molecule has 0 amide bonds.